The van der Waals surface area contributed by atoms with Gasteiger partial charge in [-0.2, -0.15) is 0 Å². The summed E-state index contributed by atoms with van der Waals surface area (Å²) in [7, 11) is 0. The number of amides is 1. The average Bonchev–Trinajstić information content (AvgIpc) is 2.64. The van der Waals surface area contributed by atoms with Gasteiger partial charge in [-0.25, -0.2) is 0 Å². The van der Waals surface area contributed by atoms with Gasteiger partial charge in [0, 0.05) is 25.4 Å². The smallest absolute Gasteiger partial charge is 0.223 e. The molecule has 124 valence electrons. The lowest BCUT2D eigenvalue weighted by atomic mass is 9.88. The summed E-state index contributed by atoms with van der Waals surface area (Å²) in [5, 5.41) is 0. The van der Waals surface area contributed by atoms with Crippen LogP contribution in [0.5, 0.6) is 0 Å². The molecule has 0 unspecified atom stereocenters. The van der Waals surface area contributed by atoms with Gasteiger partial charge in [0.1, 0.15) is 0 Å². The number of nitrogens with zero attached hydrogens (tertiary/aromatic N) is 1. The monoisotopic (exact) mass is 339 g/mol. The normalized spacial score (nSPS) is 14.5. The summed E-state index contributed by atoms with van der Waals surface area (Å²) in [6, 6.07) is 21.1. The quantitative estimate of drug-likeness (QED) is 0.737. The van der Waals surface area contributed by atoms with E-state index < -0.39 is 0 Å². The van der Waals surface area contributed by atoms with Gasteiger partial charge in [-0.15, -0.1) is 11.6 Å². The highest BCUT2D eigenvalue weighted by Crippen LogP contribution is 2.32. The molecular formula is C21H22ClNO. The molecule has 0 bridgehead atoms. The van der Waals surface area contributed by atoms with Crippen LogP contribution in [0.3, 0.4) is 0 Å². The highest BCUT2D eigenvalue weighted by atomic mass is 35.5. The van der Waals surface area contributed by atoms with E-state index in [4.69, 9.17) is 11.6 Å². The van der Waals surface area contributed by atoms with Gasteiger partial charge < -0.3 is 4.90 Å². The van der Waals surface area contributed by atoms with E-state index in [1.807, 2.05) is 17.0 Å². The Balaban J connectivity index is 1.90. The van der Waals surface area contributed by atoms with Crippen molar-refractivity contribution in [1.29, 1.82) is 0 Å². The summed E-state index contributed by atoms with van der Waals surface area (Å²) in [5.74, 6) is 0.571. The third-order valence-corrected chi connectivity index (χ3v) is 4.70. The van der Waals surface area contributed by atoms with E-state index >= 15 is 0 Å². The molecule has 0 saturated carbocycles. The fourth-order valence-electron chi connectivity index (χ4n) is 3.30. The largest absolute Gasteiger partial charge is 0.342 e. The highest BCUT2D eigenvalue weighted by Gasteiger charge is 2.21. The minimum Gasteiger partial charge on any atom is -0.342 e. The lowest BCUT2D eigenvalue weighted by Gasteiger charge is -2.30. The van der Waals surface area contributed by atoms with Crippen molar-refractivity contribution < 1.29 is 4.79 Å². The fourth-order valence-corrected chi connectivity index (χ4v) is 3.46. The number of hydrogen-bond acceptors (Lipinski definition) is 1. The zero-order valence-electron chi connectivity index (χ0n) is 13.7. The van der Waals surface area contributed by atoms with Crippen molar-refractivity contribution in [2.45, 2.75) is 19.3 Å². The van der Waals surface area contributed by atoms with Crippen molar-refractivity contribution in [2.75, 3.05) is 19.0 Å². The second kappa shape index (κ2) is 8.16. The topological polar surface area (TPSA) is 20.3 Å². The van der Waals surface area contributed by atoms with Gasteiger partial charge in [0.2, 0.25) is 5.91 Å². The molecule has 3 rings (SSSR count). The Bertz CT molecular complexity index is 658. The van der Waals surface area contributed by atoms with Crippen molar-refractivity contribution >= 4 is 23.1 Å². The van der Waals surface area contributed by atoms with Crippen LogP contribution in [0.25, 0.3) is 5.57 Å². The Morgan fingerprint density at radius 3 is 1.83 bits per heavy atom. The van der Waals surface area contributed by atoms with Crippen LogP contribution >= 0.6 is 11.6 Å². The first-order chi connectivity index (χ1) is 11.8. The van der Waals surface area contributed by atoms with Crippen LogP contribution in [0.1, 0.15) is 30.4 Å². The third-order valence-electron chi connectivity index (χ3n) is 4.51. The summed E-state index contributed by atoms with van der Waals surface area (Å²) < 4.78 is 0. The zero-order valence-corrected chi connectivity index (χ0v) is 14.5. The Kier molecular flexibility index (Phi) is 5.71. The van der Waals surface area contributed by atoms with Crippen LogP contribution in [0.15, 0.2) is 66.2 Å². The number of benzene rings is 2. The summed E-state index contributed by atoms with van der Waals surface area (Å²) >= 11 is 5.70. The molecule has 2 aromatic carbocycles. The molecule has 0 radical (unpaired) electrons. The molecule has 0 spiro atoms. The molecule has 1 aliphatic heterocycles. The standard InChI is InChI=1S/C21H22ClNO/c22-14-11-20(24)23-15-12-19(13-16-23)21(17-7-3-1-4-8-17)18-9-5-2-6-10-18/h1-10H,11-16H2. The number of rotatable bonds is 4. The van der Waals surface area contributed by atoms with Crippen LogP contribution in [0, 0.1) is 0 Å². The van der Waals surface area contributed by atoms with Gasteiger partial charge >= 0.3 is 0 Å². The van der Waals surface area contributed by atoms with E-state index in [0.717, 1.165) is 25.9 Å². The molecule has 0 aromatic heterocycles. The maximum Gasteiger partial charge on any atom is 0.223 e. The van der Waals surface area contributed by atoms with E-state index in [9.17, 15) is 4.79 Å². The number of hydrogen-bond donors (Lipinski definition) is 0. The Morgan fingerprint density at radius 1 is 0.875 bits per heavy atom. The molecule has 2 aromatic rings. The van der Waals surface area contributed by atoms with Crippen molar-refractivity contribution in [1.82, 2.24) is 4.90 Å². The molecule has 0 aliphatic carbocycles. The second-order valence-electron chi connectivity index (χ2n) is 6.03. The summed E-state index contributed by atoms with van der Waals surface area (Å²) in [6.45, 7) is 1.57. The van der Waals surface area contributed by atoms with Gasteiger partial charge in [0.15, 0.2) is 0 Å². The molecule has 1 heterocycles. The molecule has 0 atom stereocenters. The Labute approximate surface area is 148 Å². The highest BCUT2D eigenvalue weighted by molar-refractivity contribution is 6.18. The van der Waals surface area contributed by atoms with E-state index in [2.05, 4.69) is 48.5 Å². The zero-order chi connectivity index (χ0) is 16.8. The minimum absolute atomic E-state index is 0.171. The fraction of sp³-hybridized carbons (Fsp3) is 0.286. The van der Waals surface area contributed by atoms with Crippen LogP contribution in [0.2, 0.25) is 0 Å². The van der Waals surface area contributed by atoms with Crippen LogP contribution < -0.4 is 0 Å². The molecule has 1 fully saturated rings. The van der Waals surface area contributed by atoms with Crippen LogP contribution in [-0.4, -0.2) is 29.8 Å². The lowest BCUT2D eigenvalue weighted by Crippen LogP contribution is -2.36. The van der Waals surface area contributed by atoms with Gasteiger partial charge in [-0.3, -0.25) is 4.79 Å². The number of halogens is 1. The first kappa shape index (κ1) is 16.8. The number of likely N-dealkylation sites (tertiary alicyclic amines) is 1. The van der Waals surface area contributed by atoms with E-state index in [1.54, 1.807) is 0 Å². The maximum atomic E-state index is 12.0. The number of piperidine rings is 1. The molecule has 0 N–H and O–H groups in total. The number of carbonyl (C=O) groups excluding carboxylic acids is 1. The predicted octanol–water partition coefficient (Wildman–Crippen LogP) is 4.74. The maximum absolute atomic E-state index is 12.0. The van der Waals surface area contributed by atoms with Crippen molar-refractivity contribution in [3.63, 3.8) is 0 Å². The Hall–Kier alpha value is -2.06. The van der Waals surface area contributed by atoms with E-state index in [-0.39, 0.29) is 5.91 Å². The van der Waals surface area contributed by atoms with Gasteiger partial charge in [0.25, 0.3) is 0 Å². The molecule has 1 saturated heterocycles. The molecule has 3 heteroatoms. The summed E-state index contributed by atoms with van der Waals surface area (Å²) in [5.41, 5.74) is 5.25. The SMILES string of the molecule is O=C(CCCl)N1CCC(=C(c2ccccc2)c2ccccc2)CC1. The molecule has 24 heavy (non-hydrogen) atoms. The van der Waals surface area contributed by atoms with Gasteiger partial charge in [0.05, 0.1) is 0 Å². The number of carbonyl (C=O) groups is 1. The van der Waals surface area contributed by atoms with Crippen molar-refractivity contribution in [3.8, 4) is 0 Å². The summed E-state index contributed by atoms with van der Waals surface area (Å²) in [6.07, 6.45) is 2.28. The van der Waals surface area contributed by atoms with Crippen molar-refractivity contribution in [2.24, 2.45) is 0 Å². The second-order valence-corrected chi connectivity index (χ2v) is 6.41. The molecular weight excluding hydrogens is 318 g/mol. The molecule has 1 amide bonds. The lowest BCUT2D eigenvalue weighted by molar-refractivity contribution is -0.131. The molecule has 1 aliphatic rings. The third kappa shape index (κ3) is 3.88. The minimum atomic E-state index is 0.171. The average molecular weight is 340 g/mol. The van der Waals surface area contributed by atoms with Gasteiger partial charge in [-0.1, -0.05) is 66.2 Å². The van der Waals surface area contributed by atoms with Crippen LogP contribution in [-0.2, 0) is 4.79 Å². The van der Waals surface area contributed by atoms with Crippen LogP contribution in [0.4, 0.5) is 0 Å². The van der Waals surface area contributed by atoms with Gasteiger partial charge in [-0.05, 0) is 29.5 Å². The first-order valence-corrected chi connectivity index (χ1v) is 8.99. The van der Waals surface area contributed by atoms with E-state index in [1.165, 1.54) is 22.3 Å². The number of alkyl halides is 1. The summed E-state index contributed by atoms with van der Waals surface area (Å²) in [4.78, 5) is 14.0. The molecule has 2 nitrogen and oxygen atoms in total. The predicted molar refractivity (Wildman–Crippen MR) is 100 cm³/mol. The first-order valence-electron chi connectivity index (χ1n) is 8.46. The van der Waals surface area contributed by atoms with Crippen molar-refractivity contribution in [3.05, 3.63) is 77.4 Å². The van der Waals surface area contributed by atoms with E-state index in [0.29, 0.717) is 12.3 Å². The Morgan fingerprint density at radius 2 is 1.38 bits per heavy atom.